The van der Waals surface area contributed by atoms with Crippen LogP contribution < -0.4 is 10.6 Å². The molecule has 0 saturated heterocycles. The molecule has 2 aromatic rings. The van der Waals surface area contributed by atoms with Gasteiger partial charge >= 0.3 is 12.0 Å². The molecule has 0 aliphatic carbocycles. The highest BCUT2D eigenvalue weighted by atomic mass is 19.1. The molecule has 2 amide bonds. The fraction of sp³-hybridized carbons (Fsp3) is 0.263. The minimum Gasteiger partial charge on any atom is -0.459 e. The number of hydrogen-bond acceptors (Lipinski definition) is 3. The summed E-state index contributed by atoms with van der Waals surface area (Å²) >= 11 is 0. The lowest BCUT2D eigenvalue weighted by molar-refractivity contribution is -0.148. The van der Waals surface area contributed by atoms with Crippen molar-refractivity contribution in [1.29, 1.82) is 0 Å². The molecule has 132 valence electrons. The van der Waals surface area contributed by atoms with Crippen LogP contribution in [0, 0.1) is 11.7 Å². The van der Waals surface area contributed by atoms with Gasteiger partial charge in [0.2, 0.25) is 0 Å². The van der Waals surface area contributed by atoms with E-state index < -0.39 is 23.9 Å². The summed E-state index contributed by atoms with van der Waals surface area (Å²) in [7, 11) is 0. The maximum absolute atomic E-state index is 13.2. The second kappa shape index (κ2) is 8.82. The van der Waals surface area contributed by atoms with Crippen molar-refractivity contribution in [3.63, 3.8) is 0 Å². The van der Waals surface area contributed by atoms with Gasteiger partial charge in [0.25, 0.3) is 0 Å². The van der Waals surface area contributed by atoms with E-state index in [1.807, 2.05) is 6.07 Å². The van der Waals surface area contributed by atoms with Gasteiger partial charge in [-0.05, 0) is 35.7 Å². The van der Waals surface area contributed by atoms with Crippen LogP contribution in [-0.4, -0.2) is 18.0 Å². The Morgan fingerprint density at radius 1 is 1.08 bits per heavy atom. The maximum atomic E-state index is 13.2. The van der Waals surface area contributed by atoms with Gasteiger partial charge in [0.05, 0.1) is 0 Å². The zero-order valence-electron chi connectivity index (χ0n) is 14.2. The molecule has 1 atom stereocenters. The molecule has 2 aromatic carbocycles. The first-order valence-electron chi connectivity index (χ1n) is 7.99. The average molecular weight is 344 g/mol. The van der Waals surface area contributed by atoms with Crippen LogP contribution in [0.1, 0.15) is 19.4 Å². The van der Waals surface area contributed by atoms with Crippen LogP contribution in [0.25, 0.3) is 0 Å². The molecule has 0 unspecified atom stereocenters. The molecule has 0 fully saturated rings. The van der Waals surface area contributed by atoms with Crippen molar-refractivity contribution in [3.8, 4) is 0 Å². The first-order valence-corrected chi connectivity index (χ1v) is 7.99. The Bertz CT molecular complexity index is 720. The van der Waals surface area contributed by atoms with E-state index in [1.165, 1.54) is 12.1 Å². The predicted octanol–water partition coefficient (Wildman–Crippen LogP) is 3.72. The summed E-state index contributed by atoms with van der Waals surface area (Å²) in [6.45, 7) is 3.55. The number of nitrogens with one attached hydrogen (secondary N) is 2. The lowest BCUT2D eigenvalue weighted by Gasteiger charge is -2.21. The Kier molecular flexibility index (Phi) is 6.51. The lowest BCUT2D eigenvalue weighted by atomic mass is 10.1. The molecule has 0 spiro atoms. The van der Waals surface area contributed by atoms with Crippen molar-refractivity contribution in [3.05, 3.63) is 66.0 Å². The smallest absolute Gasteiger partial charge is 0.329 e. The highest BCUT2D eigenvalue weighted by molar-refractivity contribution is 5.92. The Morgan fingerprint density at radius 2 is 1.80 bits per heavy atom. The summed E-state index contributed by atoms with van der Waals surface area (Å²) in [6, 6.07) is 13.4. The van der Waals surface area contributed by atoms with Crippen LogP contribution in [0.4, 0.5) is 14.9 Å². The van der Waals surface area contributed by atoms with Crippen molar-refractivity contribution in [2.75, 3.05) is 5.32 Å². The largest absolute Gasteiger partial charge is 0.459 e. The number of carbonyl (C=O) groups excluding carboxylic acids is 2. The number of urea groups is 1. The van der Waals surface area contributed by atoms with Gasteiger partial charge in [0, 0.05) is 5.69 Å². The van der Waals surface area contributed by atoms with Gasteiger partial charge in [-0.3, -0.25) is 0 Å². The third kappa shape index (κ3) is 5.91. The van der Waals surface area contributed by atoms with E-state index in [-0.39, 0.29) is 12.5 Å². The van der Waals surface area contributed by atoms with E-state index in [1.54, 1.807) is 50.2 Å². The molecule has 0 bridgehead atoms. The van der Waals surface area contributed by atoms with Crippen LogP contribution in [0.5, 0.6) is 0 Å². The summed E-state index contributed by atoms with van der Waals surface area (Å²) in [6.07, 6.45) is 0. The Labute approximate surface area is 146 Å². The zero-order valence-corrected chi connectivity index (χ0v) is 14.2. The number of anilines is 1. The summed E-state index contributed by atoms with van der Waals surface area (Å²) < 4.78 is 18.4. The van der Waals surface area contributed by atoms with Crippen LogP contribution in [-0.2, 0) is 16.1 Å². The second-order valence-corrected chi connectivity index (χ2v) is 5.92. The standard InChI is InChI=1S/C19H21FN2O3/c1-13(2)17(22-19(24)21-16-9-4-3-5-10-16)18(23)25-12-14-7-6-8-15(20)11-14/h3-11,13,17H,12H2,1-2H3,(H2,21,22,24)/t17-/m0/s1. The molecule has 0 heterocycles. The topological polar surface area (TPSA) is 67.4 Å². The van der Waals surface area contributed by atoms with Crippen molar-refractivity contribution >= 4 is 17.7 Å². The molecule has 0 aromatic heterocycles. The number of benzene rings is 2. The van der Waals surface area contributed by atoms with Gasteiger partial charge in [0.15, 0.2) is 0 Å². The van der Waals surface area contributed by atoms with E-state index in [0.29, 0.717) is 11.3 Å². The van der Waals surface area contributed by atoms with Crippen molar-refractivity contribution in [1.82, 2.24) is 5.32 Å². The van der Waals surface area contributed by atoms with Gasteiger partial charge < -0.3 is 15.4 Å². The van der Waals surface area contributed by atoms with Crippen molar-refractivity contribution in [2.24, 2.45) is 5.92 Å². The molecule has 25 heavy (non-hydrogen) atoms. The zero-order chi connectivity index (χ0) is 18.2. The van der Waals surface area contributed by atoms with Gasteiger partial charge in [-0.25, -0.2) is 14.0 Å². The Balaban J connectivity index is 1.92. The highest BCUT2D eigenvalue weighted by Crippen LogP contribution is 2.10. The van der Waals surface area contributed by atoms with Crippen LogP contribution in [0.3, 0.4) is 0 Å². The summed E-state index contributed by atoms with van der Waals surface area (Å²) in [5.74, 6) is -1.13. The molecule has 6 heteroatoms. The third-order valence-electron chi connectivity index (χ3n) is 3.51. The predicted molar refractivity (Wildman–Crippen MR) is 93.4 cm³/mol. The molecule has 5 nitrogen and oxygen atoms in total. The van der Waals surface area contributed by atoms with E-state index in [9.17, 15) is 14.0 Å². The molecular weight excluding hydrogens is 323 g/mol. The number of esters is 1. The van der Waals surface area contributed by atoms with E-state index >= 15 is 0 Å². The summed E-state index contributed by atoms with van der Waals surface area (Å²) in [5.41, 5.74) is 1.17. The number of ether oxygens (including phenoxy) is 1. The van der Waals surface area contributed by atoms with Gasteiger partial charge in [0.1, 0.15) is 18.5 Å². The molecule has 2 N–H and O–H groups in total. The van der Waals surface area contributed by atoms with E-state index in [0.717, 1.165) is 0 Å². The third-order valence-corrected chi connectivity index (χ3v) is 3.51. The molecule has 0 radical (unpaired) electrons. The van der Waals surface area contributed by atoms with E-state index in [4.69, 9.17) is 4.74 Å². The fourth-order valence-corrected chi connectivity index (χ4v) is 2.20. The van der Waals surface area contributed by atoms with Gasteiger partial charge in [-0.1, -0.05) is 44.2 Å². The van der Waals surface area contributed by atoms with Crippen LogP contribution in [0.2, 0.25) is 0 Å². The number of hydrogen-bond donors (Lipinski definition) is 2. The quantitative estimate of drug-likeness (QED) is 0.785. The average Bonchev–Trinajstić information content (AvgIpc) is 2.58. The maximum Gasteiger partial charge on any atom is 0.329 e. The first kappa shape index (κ1) is 18.4. The molecule has 2 rings (SSSR count). The van der Waals surface area contributed by atoms with Crippen molar-refractivity contribution < 1.29 is 18.7 Å². The van der Waals surface area contributed by atoms with E-state index in [2.05, 4.69) is 10.6 Å². The van der Waals surface area contributed by atoms with Crippen LogP contribution in [0.15, 0.2) is 54.6 Å². The van der Waals surface area contributed by atoms with Crippen LogP contribution >= 0.6 is 0 Å². The molecule has 0 aliphatic heterocycles. The Hall–Kier alpha value is -2.89. The number of para-hydroxylation sites is 1. The van der Waals surface area contributed by atoms with Crippen molar-refractivity contribution in [2.45, 2.75) is 26.5 Å². The lowest BCUT2D eigenvalue weighted by Crippen LogP contribution is -2.47. The fourth-order valence-electron chi connectivity index (χ4n) is 2.20. The first-order chi connectivity index (χ1) is 12.0. The number of rotatable bonds is 6. The Morgan fingerprint density at radius 3 is 2.44 bits per heavy atom. The van der Waals surface area contributed by atoms with Gasteiger partial charge in [-0.2, -0.15) is 0 Å². The molecule has 0 aliphatic rings. The monoisotopic (exact) mass is 344 g/mol. The SMILES string of the molecule is CC(C)[C@H](NC(=O)Nc1ccccc1)C(=O)OCc1cccc(F)c1. The van der Waals surface area contributed by atoms with Gasteiger partial charge in [-0.15, -0.1) is 0 Å². The minimum atomic E-state index is -0.808. The summed E-state index contributed by atoms with van der Waals surface area (Å²) in [4.78, 5) is 24.3. The minimum absolute atomic E-state index is 0.0538. The summed E-state index contributed by atoms with van der Waals surface area (Å²) in [5, 5.41) is 5.27. The normalized spacial score (nSPS) is 11.7. The number of carbonyl (C=O) groups is 2. The highest BCUT2D eigenvalue weighted by Gasteiger charge is 2.25. The molecule has 0 saturated carbocycles. The second-order valence-electron chi connectivity index (χ2n) is 5.92. The number of halogens is 1. The number of amides is 2. The molecular formula is C19H21FN2O3.